The van der Waals surface area contributed by atoms with E-state index in [4.69, 9.17) is 50.1 Å². The van der Waals surface area contributed by atoms with E-state index < -0.39 is 28.7 Å². The van der Waals surface area contributed by atoms with Crippen molar-refractivity contribution in [1.29, 1.82) is 0 Å². The highest BCUT2D eigenvalue weighted by Gasteiger charge is 2.33. The number of nitro groups is 1. The van der Waals surface area contributed by atoms with Crippen LogP contribution in [0, 0.1) is 24.0 Å². The first-order chi connectivity index (χ1) is 26.4. The van der Waals surface area contributed by atoms with Gasteiger partial charge in [-0.3, -0.25) is 14.9 Å². The van der Waals surface area contributed by atoms with Crippen molar-refractivity contribution in [1.82, 2.24) is 29.9 Å². The summed E-state index contributed by atoms with van der Waals surface area (Å²) in [6.07, 6.45) is -0.481. The molecule has 0 spiro atoms. The van der Waals surface area contributed by atoms with Crippen molar-refractivity contribution in [2.75, 3.05) is 18.2 Å². The average Bonchev–Trinajstić information content (AvgIpc) is 3.59. The minimum Gasteiger partial charge on any atom is -0.465 e. The van der Waals surface area contributed by atoms with E-state index in [1.807, 2.05) is 24.3 Å². The number of rotatable bonds is 5. The van der Waals surface area contributed by atoms with Crippen molar-refractivity contribution < 1.29 is 42.0 Å². The number of aromatic nitrogens is 6. The predicted molar refractivity (Wildman–Crippen MR) is 197 cm³/mol. The fraction of sp³-hybridized carbons (Fsp3) is 0.118. The van der Waals surface area contributed by atoms with Gasteiger partial charge in [-0.2, -0.15) is 22.8 Å². The Morgan fingerprint density at radius 3 is 2.14 bits per heavy atom. The zero-order valence-electron chi connectivity index (χ0n) is 28.8. The van der Waals surface area contributed by atoms with Crippen molar-refractivity contribution >= 4 is 80.9 Å². The maximum absolute atomic E-state index is 12.8. The largest absolute Gasteiger partial charge is 0.465 e. The molecule has 1 aromatic carbocycles. The average molecular weight is 835 g/mol. The zero-order chi connectivity index (χ0) is 41.7. The van der Waals surface area contributed by atoms with Gasteiger partial charge in [0.2, 0.25) is 0 Å². The van der Waals surface area contributed by atoms with Crippen LogP contribution in [-0.4, -0.2) is 60.0 Å². The second-order valence-corrected chi connectivity index (χ2v) is 11.8. The number of fused-ring (bicyclic) bond motifs is 1. The lowest BCUT2D eigenvalue weighted by Gasteiger charge is -2.11. The van der Waals surface area contributed by atoms with Crippen LogP contribution in [0.4, 0.5) is 30.2 Å². The van der Waals surface area contributed by atoms with Gasteiger partial charge >= 0.3 is 18.3 Å². The fourth-order valence-electron chi connectivity index (χ4n) is 4.28. The molecule has 4 N–H and O–H groups in total. The summed E-state index contributed by atoms with van der Waals surface area (Å²) >= 11 is 17.4. The normalized spacial score (nSPS) is 10.3. The molecule has 0 bridgehead atoms. The highest BCUT2D eigenvalue weighted by atomic mass is 35.5. The van der Waals surface area contributed by atoms with E-state index in [0.717, 1.165) is 29.4 Å². The molecule has 290 valence electrons. The standard InChI is InChI=1S/C20H13ClF3N5O.C7H7ClN2O2.C6H5ClN2O2.CO2/c1-10-12(6-7-16(26-10)20(22,23)24)19(30)27-11-8-13(17(21)25-9-11)18-28-14-4-2-3-5-15(14)29-18;1-12-7(11)5-2-4(9)3-10-6(5)8;1-4-2-5(9(10)11)3-8-6(4)7;2-1-3/h2-9H,1H3,(H,27,30)(H,28,29);2-3H,9H2,1H3;2-3H,1H3;. The van der Waals surface area contributed by atoms with Gasteiger partial charge in [0.05, 0.1) is 69.2 Å². The number of nitrogens with zero attached hydrogens (tertiary/aromatic N) is 6. The van der Waals surface area contributed by atoms with Gasteiger partial charge in [-0.05, 0) is 55.8 Å². The highest BCUT2D eigenvalue weighted by molar-refractivity contribution is 6.32. The SMILES string of the molecule is COC(=O)c1cc(N)cnc1Cl.Cc1cc([N+](=O)[O-])cnc1Cl.Cc1nc(C(F)(F)F)ccc1C(=O)Nc1cnc(Cl)c(-c2nc3ccccc3[nH]2)c1.O=C=O. The molecule has 0 saturated carbocycles. The number of pyridine rings is 4. The van der Waals surface area contributed by atoms with Crippen molar-refractivity contribution in [3.05, 3.63) is 127 Å². The number of halogens is 6. The van der Waals surface area contributed by atoms with Crippen LogP contribution in [0.25, 0.3) is 22.4 Å². The molecule has 0 radical (unpaired) electrons. The van der Waals surface area contributed by atoms with Crippen molar-refractivity contribution in [3.8, 4) is 11.4 Å². The molecule has 1 amide bonds. The molecule has 22 heteroatoms. The number of esters is 1. The van der Waals surface area contributed by atoms with Crippen LogP contribution in [0.1, 0.15) is 37.7 Å². The highest BCUT2D eigenvalue weighted by Crippen LogP contribution is 2.30. The zero-order valence-corrected chi connectivity index (χ0v) is 31.1. The maximum atomic E-state index is 12.8. The van der Waals surface area contributed by atoms with Gasteiger partial charge in [-0.15, -0.1) is 0 Å². The molecule has 6 rings (SSSR count). The smallest absolute Gasteiger partial charge is 0.433 e. The van der Waals surface area contributed by atoms with E-state index >= 15 is 0 Å². The lowest BCUT2D eigenvalue weighted by atomic mass is 10.1. The third-order valence-corrected chi connectivity index (χ3v) is 7.84. The summed E-state index contributed by atoms with van der Waals surface area (Å²) in [5, 5.41) is 13.4. The summed E-state index contributed by atoms with van der Waals surface area (Å²) in [5.74, 6) is -0.689. The number of carbonyl (C=O) groups excluding carboxylic acids is 4. The second kappa shape index (κ2) is 19.7. The van der Waals surface area contributed by atoms with Crippen LogP contribution >= 0.6 is 34.8 Å². The van der Waals surface area contributed by atoms with Gasteiger partial charge < -0.3 is 20.8 Å². The molecule has 0 aliphatic rings. The van der Waals surface area contributed by atoms with E-state index in [2.05, 4.69) is 40.0 Å². The Labute approximate surface area is 328 Å². The summed E-state index contributed by atoms with van der Waals surface area (Å²) in [4.78, 5) is 71.9. The molecule has 56 heavy (non-hydrogen) atoms. The van der Waals surface area contributed by atoms with Gasteiger partial charge in [0.15, 0.2) is 0 Å². The quantitative estimate of drug-likeness (QED) is 0.0653. The number of benzene rings is 1. The molecule has 0 atom stereocenters. The van der Waals surface area contributed by atoms with Crippen LogP contribution < -0.4 is 11.1 Å². The van der Waals surface area contributed by atoms with Gasteiger partial charge in [0.25, 0.3) is 11.6 Å². The number of carbonyl (C=O) groups is 2. The number of nitrogen functional groups attached to an aromatic ring is 1. The minimum absolute atomic E-state index is 0.0169. The fourth-order valence-corrected chi connectivity index (χ4v) is 4.76. The van der Waals surface area contributed by atoms with Gasteiger partial charge in [-0.25, -0.2) is 29.7 Å². The van der Waals surface area contributed by atoms with Crippen LogP contribution in [0.2, 0.25) is 15.5 Å². The first kappa shape index (κ1) is 43.9. The number of anilines is 2. The molecule has 5 aromatic heterocycles. The summed E-state index contributed by atoms with van der Waals surface area (Å²) < 4.78 is 42.8. The van der Waals surface area contributed by atoms with Crippen molar-refractivity contribution in [2.24, 2.45) is 0 Å². The van der Waals surface area contributed by atoms with Gasteiger partial charge in [0.1, 0.15) is 33.2 Å². The number of H-pyrrole nitrogens is 1. The Hall–Kier alpha value is -6.53. The van der Waals surface area contributed by atoms with Gasteiger partial charge in [0, 0.05) is 6.07 Å². The first-order valence-corrected chi connectivity index (χ1v) is 16.3. The lowest BCUT2D eigenvalue weighted by molar-refractivity contribution is -0.385. The molecule has 0 fully saturated rings. The Balaban J connectivity index is 0.000000265. The molecule has 0 aliphatic carbocycles. The van der Waals surface area contributed by atoms with Crippen LogP contribution in [0.15, 0.2) is 73.2 Å². The summed E-state index contributed by atoms with van der Waals surface area (Å²) in [6.45, 7) is 3.01. The molecule has 5 heterocycles. The first-order valence-electron chi connectivity index (χ1n) is 15.1. The van der Waals surface area contributed by atoms with E-state index in [1.54, 1.807) is 13.0 Å². The number of amides is 1. The van der Waals surface area contributed by atoms with E-state index in [1.165, 1.54) is 38.6 Å². The van der Waals surface area contributed by atoms with Crippen LogP contribution in [0.3, 0.4) is 0 Å². The Bertz CT molecular complexity index is 2390. The number of ether oxygens (including phenoxy) is 1. The lowest BCUT2D eigenvalue weighted by Crippen LogP contribution is -2.16. The molecule has 0 saturated heterocycles. The number of para-hydroxylation sites is 2. The number of hydrogen-bond donors (Lipinski definition) is 3. The number of methoxy groups -OCH3 is 1. The Kier molecular flexibility index (Phi) is 15.4. The maximum Gasteiger partial charge on any atom is 0.433 e. The molecule has 16 nitrogen and oxygen atoms in total. The molecular weight excluding hydrogens is 810 g/mol. The predicted octanol–water partition coefficient (Wildman–Crippen LogP) is 7.72. The van der Waals surface area contributed by atoms with Crippen molar-refractivity contribution in [3.63, 3.8) is 0 Å². The monoisotopic (exact) mass is 833 g/mol. The Morgan fingerprint density at radius 2 is 1.55 bits per heavy atom. The number of nitrogens with two attached hydrogens (primary N) is 1. The number of aryl methyl sites for hydroxylation is 2. The Morgan fingerprint density at radius 1 is 0.911 bits per heavy atom. The van der Waals surface area contributed by atoms with Crippen molar-refractivity contribution in [2.45, 2.75) is 20.0 Å². The molecule has 0 aliphatic heterocycles. The third-order valence-electron chi connectivity index (χ3n) is 6.84. The number of imidazole rings is 1. The van der Waals surface area contributed by atoms with E-state index in [9.17, 15) is 32.9 Å². The van der Waals surface area contributed by atoms with E-state index in [-0.39, 0.29) is 39.0 Å². The van der Waals surface area contributed by atoms with Crippen LogP contribution in [0.5, 0.6) is 0 Å². The minimum atomic E-state index is -4.58. The molecule has 6 aromatic rings. The van der Waals surface area contributed by atoms with Crippen LogP contribution in [-0.2, 0) is 20.5 Å². The number of alkyl halides is 3. The number of hydrogen-bond acceptors (Lipinski definition) is 13. The number of nitrogens with one attached hydrogen (secondary N) is 2. The molecule has 0 unspecified atom stereocenters. The second-order valence-electron chi connectivity index (χ2n) is 10.7. The third kappa shape index (κ3) is 12.0. The summed E-state index contributed by atoms with van der Waals surface area (Å²) in [6, 6.07) is 13.6. The topological polar surface area (TPSA) is 239 Å². The van der Waals surface area contributed by atoms with Gasteiger partial charge in [-0.1, -0.05) is 46.9 Å². The molecular formula is C34H25Cl3F3N9O7. The number of aromatic amines is 1. The summed E-state index contributed by atoms with van der Waals surface area (Å²) in [7, 11) is 1.27. The van der Waals surface area contributed by atoms with E-state index in [0.29, 0.717) is 33.5 Å². The summed E-state index contributed by atoms with van der Waals surface area (Å²) in [5.41, 5.74) is 7.76.